The molecule has 0 saturated heterocycles. The first kappa shape index (κ1) is 13.8. The van der Waals surface area contributed by atoms with Gasteiger partial charge in [-0.05, 0) is 31.7 Å². The van der Waals surface area contributed by atoms with Gasteiger partial charge in [-0.25, -0.2) is 0 Å². The molecule has 1 aromatic carbocycles. The third-order valence-corrected chi connectivity index (χ3v) is 4.30. The molecule has 0 spiro atoms. The second kappa shape index (κ2) is 5.00. The van der Waals surface area contributed by atoms with Crippen molar-refractivity contribution < 1.29 is 4.79 Å². The smallest absolute Gasteiger partial charge is 0.252 e. The Hall–Kier alpha value is -2.14. The highest BCUT2D eigenvalue weighted by Crippen LogP contribution is 2.39. The van der Waals surface area contributed by atoms with Gasteiger partial charge in [-0.1, -0.05) is 18.2 Å². The van der Waals surface area contributed by atoms with Crippen molar-refractivity contribution in [1.82, 2.24) is 10.3 Å². The minimum Gasteiger partial charge on any atom is -0.345 e. The van der Waals surface area contributed by atoms with Gasteiger partial charge in [0.25, 0.3) is 5.91 Å². The molecule has 21 heavy (non-hydrogen) atoms. The van der Waals surface area contributed by atoms with Crippen LogP contribution >= 0.6 is 0 Å². The number of nitrogens with one attached hydrogen (secondary N) is 2. The van der Waals surface area contributed by atoms with Crippen molar-refractivity contribution in [3.63, 3.8) is 0 Å². The van der Waals surface area contributed by atoms with Crippen LogP contribution in [0.5, 0.6) is 0 Å². The Balaban J connectivity index is 2.00. The predicted molar refractivity (Wildman–Crippen MR) is 82.2 cm³/mol. The van der Waals surface area contributed by atoms with Gasteiger partial charge in [0.1, 0.15) is 0 Å². The average molecular weight is 285 g/mol. The molecule has 0 aliphatic heterocycles. The van der Waals surface area contributed by atoms with Crippen LogP contribution < -0.4 is 16.6 Å². The lowest BCUT2D eigenvalue weighted by Gasteiger charge is -2.29. The molecule has 4 N–H and O–H groups in total. The summed E-state index contributed by atoms with van der Waals surface area (Å²) in [5, 5.41) is 3.76. The quantitative estimate of drug-likeness (QED) is 0.793. The van der Waals surface area contributed by atoms with Crippen molar-refractivity contribution in [2.45, 2.75) is 25.3 Å². The van der Waals surface area contributed by atoms with Crippen LogP contribution in [0.4, 0.5) is 0 Å². The number of pyridine rings is 1. The van der Waals surface area contributed by atoms with Crippen LogP contribution in [0.2, 0.25) is 0 Å². The number of fused-ring (bicyclic) bond motifs is 1. The molecule has 1 unspecified atom stereocenters. The summed E-state index contributed by atoms with van der Waals surface area (Å²) in [6.45, 7) is 2.36. The van der Waals surface area contributed by atoms with E-state index in [0.717, 1.165) is 18.2 Å². The Kier molecular flexibility index (Phi) is 3.29. The van der Waals surface area contributed by atoms with Crippen molar-refractivity contribution in [1.29, 1.82) is 0 Å². The Labute approximate surface area is 122 Å². The third-order valence-electron chi connectivity index (χ3n) is 4.30. The van der Waals surface area contributed by atoms with E-state index in [0.29, 0.717) is 23.5 Å². The highest BCUT2D eigenvalue weighted by atomic mass is 16.2. The maximum atomic E-state index is 12.6. The van der Waals surface area contributed by atoms with Crippen molar-refractivity contribution in [3.05, 3.63) is 46.2 Å². The number of H-pyrrole nitrogens is 1. The van der Waals surface area contributed by atoms with Crippen molar-refractivity contribution >= 4 is 16.8 Å². The number of aromatic amines is 1. The second-order valence-corrected chi connectivity index (χ2v) is 5.94. The fraction of sp³-hybridized carbons (Fsp3) is 0.375. The zero-order valence-electron chi connectivity index (χ0n) is 12.0. The van der Waals surface area contributed by atoms with Crippen LogP contribution in [0.3, 0.4) is 0 Å². The van der Waals surface area contributed by atoms with E-state index in [-0.39, 0.29) is 11.5 Å². The Morgan fingerprint density at radius 2 is 2.14 bits per heavy atom. The van der Waals surface area contributed by atoms with E-state index in [2.05, 4.69) is 10.3 Å². The number of benzene rings is 1. The number of carbonyl (C=O) groups excluding carboxylic acids is 1. The van der Waals surface area contributed by atoms with E-state index in [1.54, 1.807) is 6.07 Å². The predicted octanol–water partition coefficient (Wildman–Crippen LogP) is 1.39. The van der Waals surface area contributed by atoms with Crippen LogP contribution in [-0.2, 0) is 0 Å². The molecule has 2 aromatic rings. The van der Waals surface area contributed by atoms with Crippen LogP contribution in [0.15, 0.2) is 35.1 Å². The Morgan fingerprint density at radius 1 is 1.43 bits per heavy atom. The zero-order valence-corrected chi connectivity index (χ0v) is 12.0. The third kappa shape index (κ3) is 2.56. The molecule has 1 amide bonds. The van der Waals surface area contributed by atoms with Crippen molar-refractivity contribution in [2.75, 3.05) is 6.54 Å². The van der Waals surface area contributed by atoms with Gasteiger partial charge in [0.05, 0.1) is 11.1 Å². The van der Waals surface area contributed by atoms with E-state index in [4.69, 9.17) is 5.73 Å². The summed E-state index contributed by atoms with van der Waals surface area (Å²) >= 11 is 0. The largest absolute Gasteiger partial charge is 0.345 e. The molecule has 5 nitrogen and oxygen atoms in total. The Bertz CT molecular complexity index is 749. The molecule has 0 bridgehead atoms. The van der Waals surface area contributed by atoms with E-state index in [1.807, 2.05) is 25.1 Å². The standard InChI is InChI=1S/C16H19N3O2/c1-16(9-17,10-6-7-10)19-15(21)12-8-14(20)18-13-5-3-2-4-11(12)13/h2-5,8,10H,6-7,9,17H2,1H3,(H,18,20)(H,19,21). The summed E-state index contributed by atoms with van der Waals surface area (Å²) in [7, 11) is 0. The highest BCUT2D eigenvalue weighted by Gasteiger charge is 2.41. The van der Waals surface area contributed by atoms with Gasteiger partial charge < -0.3 is 16.0 Å². The summed E-state index contributed by atoms with van der Waals surface area (Å²) in [5.74, 6) is 0.192. The topological polar surface area (TPSA) is 88.0 Å². The van der Waals surface area contributed by atoms with Gasteiger partial charge in [-0.2, -0.15) is 0 Å². The van der Waals surface area contributed by atoms with E-state index >= 15 is 0 Å². The minimum absolute atomic E-state index is 0.239. The molecule has 0 radical (unpaired) electrons. The maximum Gasteiger partial charge on any atom is 0.252 e. The molecular formula is C16H19N3O2. The van der Waals surface area contributed by atoms with Gasteiger partial charge in [0.2, 0.25) is 5.56 Å². The molecular weight excluding hydrogens is 266 g/mol. The summed E-state index contributed by atoms with van der Waals surface area (Å²) in [5.41, 5.74) is 6.22. The van der Waals surface area contributed by atoms with E-state index in [1.165, 1.54) is 6.07 Å². The van der Waals surface area contributed by atoms with Gasteiger partial charge in [0.15, 0.2) is 0 Å². The van der Waals surface area contributed by atoms with Crippen LogP contribution in [0.1, 0.15) is 30.1 Å². The van der Waals surface area contributed by atoms with E-state index < -0.39 is 5.54 Å². The molecule has 1 saturated carbocycles. The van der Waals surface area contributed by atoms with Gasteiger partial charge >= 0.3 is 0 Å². The second-order valence-electron chi connectivity index (χ2n) is 5.94. The first-order valence-corrected chi connectivity index (χ1v) is 7.18. The molecule has 5 heteroatoms. The zero-order chi connectivity index (χ0) is 15.0. The van der Waals surface area contributed by atoms with Crippen LogP contribution in [0.25, 0.3) is 10.9 Å². The molecule has 110 valence electrons. The summed E-state index contributed by atoms with van der Waals surface area (Å²) in [4.78, 5) is 27.1. The van der Waals surface area contributed by atoms with Crippen LogP contribution in [-0.4, -0.2) is 23.0 Å². The van der Waals surface area contributed by atoms with Crippen molar-refractivity contribution in [2.24, 2.45) is 11.7 Å². The number of aromatic nitrogens is 1. The number of rotatable bonds is 4. The number of nitrogens with two attached hydrogens (primary N) is 1. The lowest BCUT2D eigenvalue weighted by atomic mass is 9.95. The number of hydrogen-bond donors (Lipinski definition) is 3. The monoisotopic (exact) mass is 285 g/mol. The summed E-state index contributed by atoms with van der Waals surface area (Å²) in [6, 6.07) is 8.64. The number of hydrogen-bond acceptors (Lipinski definition) is 3. The minimum atomic E-state index is -0.402. The SMILES string of the molecule is CC(CN)(NC(=O)c1cc(=O)[nH]c2ccccc12)C1CC1. The number of para-hydroxylation sites is 1. The lowest BCUT2D eigenvalue weighted by Crippen LogP contribution is -2.53. The van der Waals surface area contributed by atoms with Gasteiger partial charge in [0, 0.05) is 23.5 Å². The molecule has 1 aliphatic carbocycles. The number of amides is 1. The molecule has 1 aliphatic rings. The first-order chi connectivity index (χ1) is 10.0. The molecule has 1 atom stereocenters. The fourth-order valence-electron chi connectivity index (χ4n) is 2.76. The summed E-state index contributed by atoms with van der Waals surface area (Å²) < 4.78 is 0. The first-order valence-electron chi connectivity index (χ1n) is 7.18. The normalized spacial score (nSPS) is 17.4. The number of carbonyl (C=O) groups is 1. The molecule has 3 rings (SSSR count). The van der Waals surface area contributed by atoms with Gasteiger partial charge in [-0.3, -0.25) is 9.59 Å². The van der Waals surface area contributed by atoms with E-state index in [9.17, 15) is 9.59 Å². The fourth-order valence-corrected chi connectivity index (χ4v) is 2.76. The molecule has 1 aromatic heterocycles. The lowest BCUT2D eigenvalue weighted by molar-refractivity contribution is 0.0899. The maximum absolute atomic E-state index is 12.6. The van der Waals surface area contributed by atoms with Gasteiger partial charge in [-0.15, -0.1) is 0 Å². The summed E-state index contributed by atoms with van der Waals surface area (Å²) in [6.07, 6.45) is 2.17. The molecule has 1 fully saturated rings. The van der Waals surface area contributed by atoms with Crippen molar-refractivity contribution in [3.8, 4) is 0 Å². The highest BCUT2D eigenvalue weighted by molar-refractivity contribution is 6.06. The Morgan fingerprint density at radius 3 is 2.81 bits per heavy atom. The average Bonchev–Trinajstić information content (AvgIpc) is 3.31. The van der Waals surface area contributed by atoms with Crippen LogP contribution in [0, 0.1) is 5.92 Å². The molecule has 1 heterocycles.